The molecule has 0 spiro atoms. The highest BCUT2D eigenvalue weighted by Crippen LogP contribution is 2.46. The number of hydrogen-bond donors (Lipinski definition) is 0. The highest BCUT2D eigenvalue weighted by atomic mass is 14.2. The third-order valence-electron chi connectivity index (χ3n) is 9.46. The fourth-order valence-electron chi connectivity index (χ4n) is 7.32. The fraction of sp³-hybridized carbons (Fsp3) is 0. The van der Waals surface area contributed by atoms with Gasteiger partial charge in [0.05, 0.1) is 0 Å². The second-order valence-electron chi connectivity index (χ2n) is 12.1. The van der Waals surface area contributed by atoms with Crippen LogP contribution in [0.3, 0.4) is 0 Å². The zero-order chi connectivity index (χ0) is 30.5. The Morgan fingerprint density at radius 1 is 0.217 bits per heavy atom. The first-order chi connectivity index (χ1) is 22.8. The number of benzene rings is 9. The minimum atomic E-state index is 1.23. The Hall–Kier alpha value is -5.98. The van der Waals surface area contributed by atoms with Gasteiger partial charge in [-0.25, -0.2) is 0 Å². The Kier molecular flexibility index (Phi) is 6.25. The molecule has 0 bridgehead atoms. The summed E-state index contributed by atoms with van der Waals surface area (Å²) in [5.41, 5.74) is 10.0. The Morgan fingerprint density at radius 3 is 1.37 bits per heavy atom. The minimum absolute atomic E-state index is 1.23. The van der Waals surface area contributed by atoms with Crippen molar-refractivity contribution in [3.05, 3.63) is 182 Å². The van der Waals surface area contributed by atoms with E-state index in [0.717, 1.165) is 0 Å². The van der Waals surface area contributed by atoms with Crippen LogP contribution < -0.4 is 0 Å². The minimum Gasteiger partial charge on any atom is -0.0616 e. The van der Waals surface area contributed by atoms with Crippen molar-refractivity contribution < 1.29 is 0 Å². The molecule has 0 aliphatic carbocycles. The van der Waals surface area contributed by atoms with Crippen LogP contribution in [0.5, 0.6) is 0 Å². The highest BCUT2D eigenvalue weighted by Gasteiger charge is 2.19. The molecule has 0 saturated heterocycles. The molecule has 0 atom stereocenters. The van der Waals surface area contributed by atoms with E-state index in [1.54, 1.807) is 0 Å². The SMILES string of the molecule is c1ccc(-c2c3ccccc3c(-c3ccc(-c4ccc5ccccc5c4)cc3)c3ccccc23)c(-c2cccc3ccccc23)c1. The van der Waals surface area contributed by atoms with Crippen molar-refractivity contribution in [1.29, 1.82) is 0 Å². The lowest BCUT2D eigenvalue weighted by atomic mass is 9.83. The highest BCUT2D eigenvalue weighted by molar-refractivity contribution is 6.22. The lowest BCUT2D eigenvalue weighted by molar-refractivity contribution is 1.62. The average Bonchev–Trinajstić information content (AvgIpc) is 3.13. The molecule has 0 radical (unpaired) electrons. The Balaban J connectivity index is 1.26. The predicted molar refractivity (Wildman–Crippen MR) is 198 cm³/mol. The molecule has 46 heavy (non-hydrogen) atoms. The van der Waals surface area contributed by atoms with Crippen LogP contribution in [0.4, 0.5) is 0 Å². The van der Waals surface area contributed by atoms with E-state index in [9.17, 15) is 0 Å². The first-order valence-electron chi connectivity index (χ1n) is 15.9. The van der Waals surface area contributed by atoms with Gasteiger partial charge in [-0.1, -0.05) is 176 Å². The summed E-state index contributed by atoms with van der Waals surface area (Å²) in [4.78, 5) is 0. The molecule has 0 aliphatic rings. The van der Waals surface area contributed by atoms with E-state index in [4.69, 9.17) is 0 Å². The smallest absolute Gasteiger partial charge is 0.00201 e. The van der Waals surface area contributed by atoms with Crippen molar-refractivity contribution in [3.8, 4) is 44.5 Å². The second-order valence-corrected chi connectivity index (χ2v) is 12.1. The molecule has 9 aromatic carbocycles. The van der Waals surface area contributed by atoms with Crippen LogP contribution in [0.15, 0.2) is 182 Å². The second kappa shape index (κ2) is 10.9. The summed E-state index contributed by atoms with van der Waals surface area (Å²) in [6.45, 7) is 0. The zero-order valence-electron chi connectivity index (χ0n) is 25.3. The van der Waals surface area contributed by atoms with Crippen LogP contribution in [0.2, 0.25) is 0 Å². The summed E-state index contributed by atoms with van der Waals surface area (Å²) >= 11 is 0. The first-order valence-corrected chi connectivity index (χ1v) is 15.9. The van der Waals surface area contributed by atoms with Gasteiger partial charge >= 0.3 is 0 Å². The van der Waals surface area contributed by atoms with Crippen molar-refractivity contribution in [1.82, 2.24) is 0 Å². The van der Waals surface area contributed by atoms with E-state index in [2.05, 4.69) is 182 Å². The third-order valence-corrected chi connectivity index (χ3v) is 9.46. The van der Waals surface area contributed by atoms with Crippen molar-refractivity contribution in [2.75, 3.05) is 0 Å². The normalized spacial score (nSPS) is 11.5. The largest absolute Gasteiger partial charge is 0.0616 e. The summed E-state index contributed by atoms with van der Waals surface area (Å²) in [7, 11) is 0. The van der Waals surface area contributed by atoms with Crippen molar-refractivity contribution >= 4 is 43.1 Å². The molecule has 0 nitrogen and oxygen atoms in total. The predicted octanol–water partition coefficient (Wildman–Crippen LogP) is 13.0. The Labute approximate surface area is 268 Å². The summed E-state index contributed by atoms with van der Waals surface area (Å²) < 4.78 is 0. The summed E-state index contributed by atoms with van der Waals surface area (Å²) in [5.74, 6) is 0. The summed E-state index contributed by atoms with van der Waals surface area (Å²) in [6, 6.07) is 66.5. The quantitative estimate of drug-likeness (QED) is 0.181. The lowest BCUT2D eigenvalue weighted by Crippen LogP contribution is -1.93. The third kappa shape index (κ3) is 4.30. The van der Waals surface area contributed by atoms with Crippen LogP contribution in [0.25, 0.3) is 87.6 Å². The van der Waals surface area contributed by atoms with Gasteiger partial charge < -0.3 is 0 Å². The molecular weight excluding hydrogens is 553 g/mol. The topological polar surface area (TPSA) is 0 Å². The lowest BCUT2D eigenvalue weighted by Gasteiger charge is -2.20. The van der Waals surface area contributed by atoms with Crippen LogP contribution >= 0.6 is 0 Å². The molecule has 0 amide bonds. The molecule has 9 aromatic rings. The number of fused-ring (bicyclic) bond motifs is 4. The molecule has 0 fully saturated rings. The molecule has 0 aromatic heterocycles. The van der Waals surface area contributed by atoms with Crippen LogP contribution in [-0.2, 0) is 0 Å². The zero-order valence-corrected chi connectivity index (χ0v) is 25.3. The van der Waals surface area contributed by atoms with Crippen LogP contribution in [-0.4, -0.2) is 0 Å². The molecule has 0 aliphatic heterocycles. The van der Waals surface area contributed by atoms with Gasteiger partial charge in [0.25, 0.3) is 0 Å². The number of hydrogen-bond acceptors (Lipinski definition) is 0. The average molecular weight is 583 g/mol. The van der Waals surface area contributed by atoms with Gasteiger partial charge in [0.1, 0.15) is 0 Å². The van der Waals surface area contributed by atoms with Gasteiger partial charge in [0.2, 0.25) is 0 Å². The van der Waals surface area contributed by atoms with Gasteiger partial charge in [-0.2, -0.15) is 0 Å². The van der Waals surface area contributed by atoms with E-state index in [0.29, 0.717) is 0 Å². The van der Waals surface area contributed by atoms with Gasteiger partial charge in [-0.05, 0) is 93.7 Å². The van der Waals surface area contributed by atoms with E-state index in [1.807, 2.05) is 0 Å². The van der Waals surface area contributed by atoms with E-state index >= 15 is 0 Å². The first kappa shape index (κ1) is 26.4. The molecule has 214 valence electrons. The van der Waals surface area contributed by atoms with Gasteiger partial charge in [0, 0.05) is 0 Å². The van der Waals surface area contributed by atoms with Gasteiger partial charge in [0.15, 0.2) is 0 Å². The maximum Gasteiger partial charge on any atom is -0.00201 e. The van der Waals surface area contributed by atoms with E-state index in [1.165, 1.54) is 87.6 Å². The van der Waals surface area contributed by atoms with Gasteiger partial charge in [-0.3, -0.25) is 0 Å². The van der Waals surface area contributed by atoms with E-state index in [-0.39, 0.29) is 0 Å². The summed E-state index contributed by atoms with van der Waals surface area (Å²) in [6.07, 6.45) is 0. The molecule has 0 heteroatoms. The standard InChI is InChI=1S/C46H30/c1-2-14-35-30-36(29-26-31(35)12-1)32-24-27-34(28-25-32)45-41-19-7-9-21-43(41)46(44-22-10-8-20-42(44)45)40-18-6-5-17-39(40)38-23-11-15-33-13-3-4-16-37(33)38/h1-30H. The van der Waals surface area contributed by atoms with Crippen molar-refractivity contribution in [3.63, 3.8) is 0 Å². The maximum atomic E-state index is 2.30. The van der Waals surface area contributed by atoms with Gasteiger partial charge in [-0.15, -0.1) is 0 Å². The van der Waals surface area contributed by atoms with Crippen LogP contribution in [0.1, 0.15) is 0 Å². The van der Waals surface area contributed by atoms with Crippen molar-refractivity contribution in [2.24, 2.45) is 0 Å². The molecule has 0 unspecified atom stereocenters. The van der Waals surface area contributed by atoms with Crippen molar-refractivity contribution in [2.45, 2.75) is 0 Å². The Morgan fingerprint density at radius 2 is 0.674 bits per heavy atom. The number of rotatable bonds is 4. The molecule has 0 N–H and O–H groups in total. The monoisotopic (exact) mass is 582 g/mol. The fourth-order valence-corrected chi connectivity index (χ4v) is 7.32. The van der Waals surface area contributed by atoms with E-state index < -0.39 is 0 Å². The van der Waals surface area contributed by atoms with Crippen LogP contribution in [0, 0.1) is 0 Å². The maximum absolute atomic E-state index is 2.30. The summed E-state index contributed by atoms with van der Waals surface area (Å²) in [5, 5.41) is 10.1. The molecule has 9 rings (SSSR count). The molecule has 0 heterocycles. The Bertz CT molecular complexity index is 2510. The molecular formula is C46H30. The molecule has 0 saturated carbocycles.